The van der Waals surface area contributed by atoms with Crippen LogP contribution in [0.25, 0.3) is 0 Å². The van der Waals surface area contributed by atoms with Gasteiger partial charge < -0.3 is 0 Å². The van der Waals surface area contributed by atoms with E-state index in [1.54, 1.807) is 0 Å². The Balaban J connectivity index is 3.26. The van der Waals surface area contributed by atoms with Crippen molar-refractivity contribution in [2.24, 2.45) is 0 Å². The van der Waals surface area contributed by atoms with Gasteiger partial charge in [0, 0.05) is 9.81 Å². The van der Waals surface area contributed by atoms with E-state index in [0.717, 1.165) is 5.33 Å². The molecule has 0 bridgehead atoms. The highest BCUT2D eigenvalue weighted by Crippen LogP contribution is 2.09. The number of allylic oxidation sites excluding steroid dienone is 2. The zero-order valence-corrected chi connectivity index (χ0v) is 8.13. The van der Waals surface area contributed by atoms with Crippen LogP contribution in [0.1, 0.15) is 19.8 Å². The van der Waals surface area contributed by atoms with Crippen molar-refractivity contribution in [3.8, 4) is 0 Å². The van der Waals surface area contributed by atoms with Crippen molar-refractivity contribution < 1.29 is 0 Å². The van der Waals surface area contributed by atoms with E-state index >= 15 is 0 Å². The average Bonchev–Trinajstić information content (AvgIpc) is 1.83. The van der Waals surface area contributed by atoms with Crippen molar-refractivity contribution >= 4 is 31.9 Å². The summed E-state index contributed by atoms with van der Waals surface area (Å²) in [6.07, 6.45) is 4.59. The Bertz CT molecular complexity index is 76.6. The highest BCUT2D eigenvalue weighted by Gasteiger charge is 1.83. The van der Waals surface area contributed by atoms with Crippen molar-refractivity contribution in [2.75, 3.05) is 5.33 Å². The van der Waals surface area contributed by atoms with Gasteiger partial charge in [-0.05, 0) is 6.42 Å². The molecular formula is C6H10Br2. The molecule has 0 saturated carbocycles. The number of alkyl halides is 1. The first-order valence-electron chi connectivity index (χ1n) is 2.71. The Morgan fingerprint density at radius 2 is 2.25 bits per heavy atom. The van der Waals surface area contributed by atoms with Crippen LogP contribution < -0.4 is 0 Å². The minimum Gasteiger partial charge on any atom is -0.0871 e. The molecule has 0 aromatic carbocycles. The van der Waals surface area contributed by atoms with Gasteiger partial charge in [0.05, 0.1) is 0 Å². The molecule has 0 amide bonds. The van der Waals surface area contributed by atoms with Crippen LogP contribution in [0.3, 0.4) is 0 Å². The molecule has 0 nitrogen and oxygen atoms in total. The lowest BCUT2D eigenvalue weighted by atomic mass is 10.3. The monoisotopic (exact) mass is 240 g/mol. The van der Waals surface area contributed by atoms with Crippen LogP contribution in [0.15, 0.2) is 10.6 Å². The Labute approximate surface area is 67.6 Å². The van der Waals surface area contributed by atoms with Gasteiger partial charge in [0.2, 0.25) is 0 Å². The molecule has 0 aromatic rings. The van der Waals surface area contributed by atoms with Gasteiger partial charge in [-0.15, -0.1) is 0 Å². The molecule has 0 heterocycles. The minimum atomic E-state index is 0.938. The molecule has 0 spiro atoms. The second-order valence-electron chi connectivity index (χ2n) is 1.57. The van der Waals surface area contributed by atoms with Gasteiger partial charge in [-0.3, -0.25) is 0 Å². The van der Waals surface area contributed by atoms with Crippen LogP contribution in [-0.2, 0) is 0 Å². The predicted molar refractivity (Wildman–Crippen MR) is 45.7 cm³/mol. The molecule has 0 aromatic heterocycles. The number of hydrogen-bond donors (Lipinski definition) is 0. The lowest BCUT2D eigenvalue weighted by molar-refractivity contribution is 0.956. The molecule has 0 unspecified atom stereocenters. The third kappa shape index (κ3) is 4.85. The molecule has 0 N–H and O–H groups in total. The lowest BCUT2D eigenvalue weighted by Gasteiger charge is -1.87. The van der Waals surface area contributed by atoms with E-state index in [9.17, 15) is 0 Å². The molecule has 8 heavy (non-hydrogen) atoms. The number of hydrogen-bond acceptors (Lipinski definition) is 0. The van der Waals surface area contributed by atoms with Gasteiger partial charge in [-0.1, -0.05) is 51.3 Å². The van der Waals surface area contributed by atoms with Gasteiger partial charge in [0.25, 0.3) is 0 Å². The molecule has 0 aliphatic heterocycles. The van der Waals surface area contributed by atoms with Crippen LogP contribution in [0, 0.1) is 0 Å². The van der Waals surface area contributed by atoms with E-state index in [1.807, 2.05) is 0 Å². The molecule has 0 rings (SSSR count). The third-order valence-corrected chi connectivity index (χ3v) is 2.74. The van der Waals surface area contributed by atoms with Crippen LogP contribution in [0.4, 0.5) is 0 Å². The summed E-state index contributed by atoms with van der Waals surface area (Å²) in [4.78, 5) is 0. The Kier molecular flexibility index (Phi) is 6.34. The first-order chi connectivity index (χ1) is 3.81. The van der Waals surface area contributed by atoms with Crippen LogP contribution in [0.2, 0.25) is 0 Å². The maximum Gasteiger partial charge on any atom is 0.0346 e. The van der Waals surface area contributed by atoms with Crippen molar-refractivity contribution in [3.63, 3.8) is 0 Å². The van der Waals surface area contributed by atoms with E-state index in [4.69, 9.17) is 0 Å². The maximum absolute atomic E-state index is 3.39. The molecule has 0 aliphatic carbocycles. The van der Waals surface area contributed by atoms with Gasteiger partial charge in [0.1, 0.15) is 0 Å². The molecule has 48 valence electrons. The zero-order valence-electron chi connectivity index (χ0n) is 4.95. The third-order valence-electron chi connectivity index (χ3n) is 0.782. The average molecular weight is 242 g/mol. The fourth-order valence-electron chi connectivity index (χ4n) is 0.356. The number of halogens is 2. The normalized spacial score (nSPS) is 12.1. The highest BCUT2D eigenvalue weighted by atomic mass is 79.9. The summed E-state index contributed by atoms with van der Waals surface area (Å²) in [5.74, 6) is 0. The van der Waals surface area contributed by atoms with E-state index in [2.05, 4.69) is 44.9 Å². The Morgan fingerprint density at radius 1 is 1.62 bits per heavy atom. The number of unbranched alkanes of at least 4 members (excludes halogenated alkanes) is 1. The molecule has 0 fully saturated rings. The van der Waals surface area contributed by atoms with E-state index in [1.165, 1.54) is 17.3 Å². The second kappa shape index (κ2) is 5.83. The second-order valence-corrected chi connectivity index (χ2v) is 3.15. The number of rotatable bonds is 3. The van der Waals surface area contributed by atoms with E-state index < -0.39 is 0 Å². The summed E-state index contributed by atoms with van der Waals surface area (Å²) < 4.78 is 1.25. The first kappa shape index (κ1) is 8.70. The van der Waals surface area contributed by atoms with Crippen LogP contribution in [0.5, 0.6) is 0 Å². The molecule has 0 saturated heterocycles. The quantitative estimate of drug-likeness (QED) is 0.664. The molecule has 0 atom stereocenters. The summed E-state index contributed by atoms with van der Waals surface area (Å²) >= 11 is 6.72. The van der Waals surface area contributed by atoms with Gasteiger partial charge in [-0.2, -0.15) is 0 Å². The highest BCUT2D eigenvalue weighted by molar-refractivity contribution is 9.13. The van der Waals surface area contributed by atoms with E-state index in [-0.39, 0.29) is 0 Å². The Hall–Kier alpha value is 0.700. The summed E-state index contributed by atoms with van der Waals surface area (Å²) in [7, 11) is 0. The fraction of sp³-hybridized carbons (Fsp3) is 0.667. The standard InChI is InChI=1S/C6H10Br2/c1-2-3-4-6(8)5-7/h4H,2-3,5H2,1H3/b6-4-. The van der Waals surface area contributed by atoms with Gasteiger partial charge in [-0.25, -0.2) is 0 Å². The molecular weight excluding hydrogens is 232 g/mol. The predicted octanol–water partition coefficient (Wildman–Crippen LogP) is 3.46. The Morgan fingerprint density at radius 3 is 2.62 bits per heavy atom. The maximum atomic E-state index is 3.39. The summed E-state index contributed by atoms with van der Waals surface area (Å²) in [6.45, 7) is 2.17. The fourth-order valence-corrected chi connectivity index (χ4v) is 0.813. The smallest absolute Gasteiger partial charge is 0.0346 e. The van der Waals surface area contributed by atoms with Crippen molar-refractivity contribution in [2.45, 2.75) is 19.8 Å². The lowest BCUT2D eigenvalue weighted by Crippen LogP contribution is -1.69. The van der Waals surface area contributed by atoms with Crippen LogP contribution in [-0.4, -0.2) is 5.33 Å². The van der Waals surface area contributed by atoms with Crippen molar-refractivity contribution in [1.29, 1.82) is 0 Å². The summed E-state index contributed by atoms with van der Waals surface area (Å²) in [5.41, 5.74) is 0. The molecule has 0 radical (unpaired) electrons. The van der Waals surface area contributed by atoms with Crippen molar-refractivity contribution in [3.05, 3.63) is 10.6 Å². The largest absolute Gasteiger partial charge is 0.0871 e. The SMILES string of the molecule is CCC/C=C(\Br)CBr. The molecule has 0 aliphatic rings. The topological polar surface area (TPSA) is 0 Å². The molecule has 2 heteroatoms. The van der Waals surface area contributed by atoms with Gasteiger partial charge in [0.15, 0.2) is 0 Å². The van der Waals surface area contributed by atoms with Crippen molar-refractivity contribution in [1.82, 2.24) is 0 Å². The van der Waals surface area contributed by atoms with Gasteiger partial charge >= 0.3 is 0 Å². The summed E-state index contributed by atoms with van der Waals surface area (Å²) in [5, 5.41) is 0.938. The summed E-state index contributed by atoms with van der Waals surface area (Å²) in [6, 6.07) is 0. The first-order valence-corrected chi connectivity index (χ1v) is 4.63. The zero-order chi connectivity index (χ0) is 6.41. The van der Waals surface area contributed by atoms with E-state index in [0.29, 0.717) is 0 Å². The van der Waals surface area contributed by atoms with Crippen LogP contribution >= 0.6 is 31.9 Å². The minimum absolute atomic E-state index is 0.938.